The highest BCUT2D eigenvalue weighted by molar-refractivity contribution is 5.78. The molecule has 0 heterocycles. The topological polar surface area (TPSA) is 38.0 Å². The summed E-state index contributed by atoms with van der Waals surface area (Å²) in [4.78, 5) is 0. The summed E-state index contributed by atoms with van der Waals surface area (Å²) < 4.78 is 27.1. The van der Waals surface area contributed by atoms with Crippen molar-refractivity contribution in [2.24, 2.45) is 5.84 Å². The van der Waals surface area contributed by atoms with Crippen LogP contribution in [0.15, 0.2) is 42.5 Å². The van der Waals surface area contributed by atoms with Gasteiger partial charge in [0.15, 0.2) is 0 Å². The Morgan fingerprint density at radius 3 is 2.12 bits per heavy atom. The number of nitrogens with two attached hydrogens (primary N) is 1. The molecule has 0 aliphatic heterocycles. The number of hydrogen-bond donors (Lipinski definition) is 2. The molecule has 2 nitrogen and oxygen atoms in total. The molecule has 0 spiro atoms. The van der Waals surface area contributed by atoms with Crippen LogP contribution >= 0.6 is 0 Å². The van der Waals surface area contributed by atoms with Crippen LogP contribution in [0.25, 0.3) is 11.1 Å². The fourth-order valence-electron chi connectivity index (χ4n) is 1.58. The summed E-state index contributed by atoms with van der Waals surface area (Å²) in [5, 5.41) is 0. The van der Waals surface area contributed by atoms with Gasteiger partial charge in [0.2, 0.25) is 0 Å². The van der Waals surface area contributed by atoms with Gasteiger partial charge in [-0.05, 0) is 18.2 Å². The number of anilines is 1. The molecule has 0 amide bonds. The van der Waals surface area contributed by atoms with Gasteiger partial charge in [-0.2, -0.15) is 0 Å². The highest BCUT2D eigenvalue weighted by atomic mass is 19.1. The number of nitrogen functional groups attached to an aromatic ring is 1. The van der Waals surface area contributed by atoms with Crippen molar-refractivity contribution in [3.8, 4) is 11.1 Å². The van der Waals surface area contributed by atoms with Gasteiger partial charge >= 0.3 is 0 Å². The van der Waals surface area contributed by atoms with Crippen LogP contribution < -0.4 is 11.3 Å². The molecule has 0 aromatic heterocycles. The van der Waals surface area contributed by atoms with Crippen molar-refractivity contribution in [1.82, 2.24) is 0 Å². The molecule has 0 saturated heterocycles. The van der Waals surface area contributed by atoms with E-state index in [1.54, 1.807) is 24.3 Å². The first-order valence-electron chi connectivity index (χ1n) is 4.74. The Morgan fingerprint density at radius 2 is 1.50 bits per heavy atom. The number of hydrazine groups is 1. The van der Waals surface area contributed by atoms with Gasteiger partial charge in [0, 0.05) is 5.56 Å². The summed E-state index contributed by atoms with van der Waals surface area (Å²) in [6, 6.07) is 10.4. The average Bonchev–Trinajstić information content (AvgIpc) is 2.29. The van der Waals surface area contributed by atoms with Crippen molar-refractivity contribution in [2.45, 2.75) is 0 Å². The van der Waals surface area contributed by atoms with Gasteiger partial charge in [-0.3, -0.25) is 5.84 Å². The third-order valence-electron chi connectivity index (χ3n) is 2.31. The van der Waals surface area contributed by atoms with Crippen LogP contribution in [-0.2, 0) is 0 Å². The van der Waals surface area contributed by atoms with Crippen molar-refractivity contribution < 1.29 is 8.78 Å². The van der Waals surface area contributed by atoms with Crippen molar-refractivity contribution in [3.05, 3.63) is 54.1 Å². The zero-order valence-corrected chi connectivity index (χ0v) is 8.37. The van der Waals surface area contributed by atoms with E-state index in [2.05, 4.69) is 5.43 Å². The van der Waals surface area contributed by atoms with Crippen molar-refractivity contribution in [3.63, 3.8) is 0 Å². The first-order chi connectivity index (χ1) is 7.74. The van der Waals surface area contributed by atoms with E-state index in [1.807, 2.05) is 0 Å². The van der Waals surface area contributed by atoms with Crippen molar-refractivity contribution in [2.75, 3.05) is 5.43 Å². The van der Waals surface area contributed by atoms with Crippen molar-refractivity contribution in [1.29, 1.82) is 0 Å². The molecule has 2 rings (SSSR count). The fraction of sp³-hybridized carbons (Fsp3) is 0. The molecule has 0 aliphatic rings. The Kier molecular flexibility index (Phi) is 2.83. The highest BCUT2D eigenvalue weighted by Gasteiger charge is 2.13. The van der Waals surface area contributed by atoms with Gasteiger partial charge < -0.3 is 5.43 Å². The minimum atomic E-state index is -0.609. The second kappa shape index (κ2) is 4.28. The smallest absolute Gasteiger partial charge is 0.134 e. The molecule has 0 fully saturated rings. The Morgan fingerprint density at radius 1 is 0.875 bits per heavy atom. The molecule has 0 bridgehead atoms. The normalized spacial score (nSPS) is 10.2. The lowest BCUT2D eigenvalue weighted by Gasteiger charge is -2.10. The minimum Gasteiger partial charge on any atom is -0.324 e. The van der Waals surface area contributed by atoms with Gasteiger partial charge in [0.25, 0.3) is 0 Å². The Hall–Kier alpha value is -1.94. The molecule has 0 saturated carbocycles. The minimum absolute atomic E-state index is 0.0731. The largest absolute Gasteiger partial charge is 0.324 e. The van der Waals surface area contributed by atoms with Crippen molar-refractivity contribution >= 4 is 5.69 Å². The van der Waals surface area contributed by atoms with Gasteiger partial charge in [-0.25, -0.2) is 8.78 Å². The lowest BCUT2D eigenvalue weighted by Crippen LogP contribution is -2.08. The molecule has 0 atom stereocenters. The second-order valence-electron chi connectivity index (χ2n) is 3.29. The van der Waals surface area contributed by atoms with Gasteiger partial charge in [0.1, 0.15) is 11.6 Å². The second-order valence-corrected chi connectivity index (χ2v) is 3.29. The monoisotopic (exact) mass is 220 g/mol. The fourth-order valence-corrected chi connectivity index (χ4v) is 1.58. The number of hydrogen-bond acceptors (Lipinski definition) is 2. The lowest BCUT2D eigenvalue weighted by atomic mass is 10.0. The standard InChI is InChI=1S/C12H10F2N2/c13-9-5-3-6-10(14)12(9)8-4-1-2-7-11(8)16-15/h1-7,16H,15H2. The zero-order valence-electron chi connectivity index (χ0n) is 8.37. The van der Waals surface area contributed by atoms with Crippen LogP contribution in [0.1, 0.15) is 0 Å². The first-order valence-corrected chi connectivity index (χ1v) is 4.74. The first kappa shape index (κ1) is 10.6. The number of para-hydroxylation sites is 1. The summed E-state index contributed by atoms with van der Waals surface area (Å²) in [5.74, 6) is 4.08. The summed E-state index contributed by atoms with van der Waals surface area (Å²) >= 11 is 0. The van der Waals surface area contributed by atoms with Gasteiger partial charge in [0.05, 0.1) is 11.3 Å². The quantitative estimate of drug-likeness (QED) is 0.603. The molecule has 0 radical (unpaired) electrons. The molecule has 16 heavy (non-hydrogen) atoms. The van der Waals surface area contributed by atoms with E-state index in [0.717, 1.165) is 0 Å². The molecule has 0 aliphatic carbocycles. The molecule has 0 unspecified atom stereocenters. The van der Waals surface area contributed by atoms with Crippen LogP contribution in [0.4, 0.5) is 14.5 Å². The molecule has 82 valence electrons. The zero-order chi connectivity index (χ0) is 11.5. The predicted molar refractivity (Wildman–Crippen MR) is 59.6 cm³/mol. The van der Waals surface area contributed by atoms with E-state index in [0.29, 0.717) is 11.3 Å². The summed E-state index contributed by atoms with van der Waals surface area (Å²) in [7, 11) is 0. The van der Waals surface area contributed by atoms with E-state index in [9.17, 15) is 8.78 Å². The highest BCUT2D eigenvalue weighted by Crippen LogP contribution is 2.31. The van der Waals surface area contributed by atoms with E-state index in [4.69, 9.17) is 5.84 Å². The summed E-state index contributed by atoms with van der Waals surface area (Å²) in [6.07, 6.45) is 0. The SMILES string of the molecule is NNc1ccccc1-c1c(F)cccc1F. The number of rotatable bonds is 2. The average molecular weight is 220 g/mol. The summed E-state index contributed by atoms with van der Waals surface area (Å²) in [5.41, 5.74) is 3.22. The maximum Gasteiger partial charge on any atom is 0.134 e. The lowest BCUT2D eigenvalue weighted by molar-refractivity contribution is 0.589. The maximum absolute atomic E-state index is 13.5. The Balaban J connectivity index is 2.67. The third kappa shape index (κ3) is 1.75. The van der Waals surface area contributed by atoms with Crippen LogP contribution in [0.2, 0.25) is 0 Å². The van der Waals surface area contributed by atoms with Crippen LogP contribution in [0, 0.1) is 11.6 Å². The number of halogens is 2. The van der Waals surface area contributed by atoms with Crippen LogP contribution in [0.5, 0.6) is 0 Å². The summed E-state index contributed by atoms with van der Waals surface area (Å²) in [6.45, 7) is 0. The Bertz CT molecular complexity index is 492. The molecule has 2 aromatic carbocycles. The molecular weight excluding hydrogens is 210 g/mol. The Labute approximate surface area is 91.7 Å². The van der Waals surface area contributed by atoms with Gasteiger partial charge in [-0.1, -0.05) is 24.3 Å². The van der Waals surface area contributed by atoms with Gasteiger partial charge in [-0.15, -0.1) is 0 Å². The number of benzene rings is 2. The van der Waals surface area contributed by atoms with E-state index < -0.39 is 11.6 Å². The number of nitrogens with one attached hydrogen (secondary N) is 1. The van der Waals surface area contributed by atoms with Crippen LogP contribution in [0.3, 0.4) is 0 Å². The molecular formula is C12H10F2N2. The molecule has 4 heteroatoms. The van der Waals surface area contributed by atoms with E-state index >= 15 is 0 Å². The van der Waals surface area contributed by atoms with E-state index in [1.165, 1.54) is 18.2 Å². The molecule has 2 aromatic rings. The maximum atomic E-state index is 13.5. The van der Waals surface area contributed by atoms with E-state index in [-0.39, 0.29) is 5.56 Å². The third-order valence-corrected chi connectivity index (χ3v) is 2.31. The van der Waals surface area contributed by atoms with Crippen LogP contribution in [-0.4, -0.2) is 0 Å². The predicted octanol–water partition coefficient (Wildman–Crippen LogP) is 2.92. The molecule has 3 N–H and O–H groups in total.